The Balaban J connectivity index is 1.99. The van der Waals surface area contributed by atoms with Gasteiger partial charge in [-0.25, -0.2) is 4.98 Å². The van der Waals surface area contributed by atoms with Gasteiger partial charge in [0.15, 0.2) is 0 Å². The first-order chi connectivity index (χ1) is 10.1. The zero-order chi connectivity index (χ0) is 15.2. The largest absolute Gasteiger partial charge is 0.464 e. The predicted octanol–water partition coefficient (Wildman–Crippen LogP) is 3.53. The summed E-state index contributed by atoms with van der Waals surface area (Å²) in [6.07, 6.45) is 6.01. The van der Waals surface area contributed by atoms with Gasteiger partial charge in [0.05, 0.1) is 6.54 Å². The molecule has 0 aliphatic heterocycles. The number of hydrogen-bond donors (Lipinski definition) is 1. The minimum absolute atomic E-state index is 0.666. The highest BCUT2D eigenvalue weighted by Gasteiger charge is 2.10. The number of rotatable bonds is 8. The molecule has 4 heteroatoms. The predicted molar refractivity (Wildman–Crippen MR) is 85.3 cm³/mol. The van der Waals surface area contributed by atoms with E-state index >= 15 is 0 Å². The average Bonchev–Trinajstić information content (AvgIpc) is 2.98. The summed E-state index contributed by atoms with van der Waals surface area (Å²) in [5, 5.41) is 3.47. The second-order valence-corrected chi connectivity index (χ2v) is 6.04. The van der Waals surface area contributed by atoms with Crippen molar-refractivity contribution < 1.29 is 4.42 Å². The van der Waals surface area contributed by atoms with Crippen LogP contribution in [0.3, 0.4) is 0 Å². The lowest BCUT2D eigenvalue weighted by Gasteiger charge is -2.05. The quantitative estimate of drug-likeness (QED) is 0.808. The highest BCUT2D eigenvalue weighted by molar-refractivity contribution is 5.21. The van der Waals surface area contributed by atoms with E-state index in [0.717, 1.165) is 49.8 Å². The summed E-state index contributed by atoms with van der Waals surface area (Å²) >= 11 is 0. The van der Waals surface area contributed by atoms with Crippen molar-refractivity contribution in [3.63, 3.8) is 0 Å². The summed E-state index contributed by atoms with van der Waals surface area (Å²) in [6.45, 7) is 11.3. The monoisotopic (exact) mass is 289 g/mol. The van der Waals surface area contributed by atoms with Crippen molar-refractivity contribution in [1.82, 2.24) is 14.9 Å². The van der Waals surface area contributed by atoms with Crippen molar-refractivity contribution in [3.05, 3.63) is 41.4 Å². The Labute approximate surface area is 127 Å². The van der Waals surface area contributed by atoms with E-state index in [1.54, 1.807) is 0 Å². The third-order valence-electron chi connectivity index (χ3n) is 3.54. The number of aromatic nitrogens is 2. The summed E-state index contributed by atoms with van der Waals surface area (Å²) in [5.41, 5.74) is 1.25. The van der Waals surface area contributed by atoms with Crippen LogP contribution in [-0.4, -0.2) is 16.1 Å². The molecule has 0 spiro atoms. The van der Waals surface area contributed by atoms with Crippen LogP contribution in [0.15, 0.2) is 22.9 Å². The number of hydrogen-bond acceptors (Lipinski definition) is 3. The van der Waals surface area contributed by atoms with Crippen LogP contribution < -0.4 is 5.32 Å². The summed E-state index contributed by atoms with van der Waals surface area (Å²) in [5.74, 6) is 3.81. The van der Waals surface area contributed by atoms with Gasteiger partial charge in [-0.2, -0.15) is 0 Å². The van der Waals surface area contributed by atoms with Crippen LogP contribution in [0.5, 0.6) is 0 Å². The molecule has 0 aliphatic carbocycles. The molecule has 0 saturated carbocycles. The third kappa shape index (κ3) is 4.46. The van der Waals surface area contributed by atoms with Crippen molar-refractivity contribution in [3.8, 4) is 0 Å². The van der Waals surface area contributed by atoms with Crippen LogP contribution in [-0.2, 0) is 19.5 Å². The molecular weight excluding hydrogens is 262 g/mol. The SMILES string of the molecule is CCCc1nccn1Cc1cc(CNCC(C)C)c(C)o1. The molecular formula is C17H27N3O. The molecule has 116 valence electrons. The minimum atomic E-state index is 0.666. The van der Waals surface area contributed by atoms with Gasteiger partial charge in [-0.3, -0.25) is 0 Å². The fourth-order valence-electron chi connectivity index (χ4n) is 2.44. The smallest absolute Gasteiger partial charge is 0.124 e. The maximum absolute atomic E-state index is 5.89. The average molecular weight is 289 g/mol. The van der Waals surface area contributed by atoms with Gasteiger partial charge in [0, 0.05) is 30.9 Å². The van der Waals surface area contributed by atoms with Crippen LogP contribution in [0.1, 0.15) is 50.1 Å². The Hall–Kier alpha value is -1.55. The van der Waals surface area contributed by atoms with E-state index in [4.69, 9.17) is 4.42 Å². The maximum Gasteiger partial charge on any atom is 0.124 e. The van der Waals surface area contributed by atoms with Gasteiger partial charge in [0.2, 0.25) is 0 Å². The lowest BCUT2D eigenvalue weighted by atomic mass is 10.2. The molecule has 0 amide bonds. The van der Waals surface area contributed by atoms with Crippen LogP contribution in [0.2, 0.25) is 0 Å². The van der Waals surface area contributed by atoms with Crippen LogP contribution >= 0.6 is 0 Å². The highest BCUT2D eigenvalue weighted by atomic mass is 16.3. The molecule has 0 fully saturated rings. The first-order valence-electron chi connectivity index (χ1n) is 7.89. The number of furan rings is 1. The molecule has 1 N–H and O–H groups in total. The summed E-state index contributed by atoms with van der Waals surface area (Å²) in [4.78, 5) is 4.41. The van der Waals surface area contributed by atoms with Crippen molar-refractivity contribution in [2.45, 2.75) is 53.6 Å². The molecule has 2 aromatic heterocycles. The summed E-state index contributed by atoms with van der Waals surface area (Å²) < 4.78 is 8.06. The first-order valence-corrected chi connectivity index (χ1v) is 7.89. The molecule has 0 aromatic carbocycles. The van der Waals surface area contributed by atoms with Crippen molar-refractivity contribution in [2.24, 2.45) is 5.92 Å². The zero-order valence-electron chi connectivity index (χ0n) is 13.6. The van der Waals surface area contributed by atoms with Gasteiger partial charge in [0.1, 0.15) is 17.3 Å². The second-order valence-electron chi connectivity index (χ2n) is 6.04. The van der Waals surface area contributed by atoms with Crippen molar-refractivity contribution in [2.75, 3.05) is 6.54 Å². The number of nitrogens with zero attached hydrogens (tertiary/aromatic N) is 2. The van der Waals surface area contributed by atoms with Crippen molar-refractivity contribution in [1.29, 1.82) is 0 Å². The van der Waals surface area contributed by atoms with E-state index in [2.05, 4.69) is 41.7 Å². The molecule has 0 saturated heterocycles. The van der Waals surface area contributed by atoms with Gasteiger partial charge < -0.3 is 14.3 Å². The molecule has 0 atom stereocenters. The molecule has 0 radical (unpaired) electrons. The lowest BCUT2D eigenvalue weighted by molar-refractivity contribution is 0.461. The van der Waals surface area contributed by atoms with Gasteiger partial charge in [-0.05, 0) is 31.9 Å². The van der Waals surface area contributed by atoms with Crippen LogP contribution in [0.25, 0.3) is 0 Å². The van der Waals surface area contributed by atoms with E-state index in [1.165, 1.54) is 5.56 Å². The first kappa shape index (κ1) is 15.8. The molecule has 21 heavy (non-hydrogen) atoms. The number of aryl methyl sites for hydroxylation is 2. The Bertz CT molecular complexity index is 554. The standard InChI is InChI=1S/C17H27N3O/c1-5-6-17-19-7-8-20(17)12-16-9-15(14(4)21-16)11-18-10-13(2)3/h7-9,13,18H,5-6,10-12H2,1-4H3. The third-order valence-corrected chi connectivity index (χ3v) is 3.54. The van der Waals surface area contributed by atoms with Gasteiger partial charge in [0.25, 0.3) is 0 Å². The lowest BCUT2D eigenvalue weighted by Crippen LogP contribution is -2.19. The number of nitrogens with one attached hydrogen (secondary N) is 1. The van der Waals surface area contributed by atoms with E-state index < -0.39 is 0 Å². The van der Waals surface area contributed by atoms with E-state index in [1.807, 2.05) is 19.3 Å². The Morgan fingerprint density at radius 1 is 1.38 bits per heavy atom. The highest BCUT2D eigenvalue weighted by Crippen LogP contribution is 2.16. The second kappa shape index (κ2) is 7.46. The maximum atomic E-state index is 5.89. The Kier molecular flexibility index (Phi) is 5.62. The fourth-order valence-corrected chi connectivity index (χ4v) is 2.44. The van der Waals surface area contributed by atoms with Crippen LogP contribution in [0, 0.1) is 12.8 Å². The van der Waals surface area contributed by atoms with Gasteiger partial charge >= 0.3 is 0 Å². The normalized spacial score (nSPS) is 11.5. The summed E-state index contributed by atoms with van der Waals surface area (Å²) in [6, 6.07) is 2.17. The van der Waals surface area contributed by atoms with Gasteiger partial charge in [-0.15, -0.1) is 0 Å². The Morgan fingerprint density at radius 2 is 2.19 bits per heavy atom. The van der Waals surface area contributed by atoms with E-state index in [-0.39, 0.29) is 0 Å². The molecule has 4 nitrogen and oxygen atoms in total. The minimum Gasteiger partial charge on any atom is -0.464 e. The van der Waals surface area contributed by atoms with E-state index in [0.29, 0.717) is 5.92 Å². The molecule has 0 bridgehead atoms. The van der Waals surface area contributed by atoms with Gasteiger partial charge in [-0.1, -0.05) is 20.8 Å². The number of imidazole rings is 1. The topological polar surface area (TPSA) is 43.0 Å². The zero-order valence-corrected chi connectivity index (χ0v) is 13.6. The Morgan fingerprint density at radius 3 is 2.90 bits per heavy atom. The fraction of sp³-hybridized carbons (Fsp3) is 0.588. The summed E-state index contributed by atoms with van der Waals surface area (Å²) in [7, 11) is 0. The molecule has 2 aromatic rings. The molecule has 0 unspecified atom stereocenters. The van der Waals surface area contributed by atoms with Crippen LogP contribution in [0.4, 0.5) is 0 Å². The van der Waals surface area contributed by atoms with E-state index in [9.17, 15) is 0 Å². The molecule has 2 heterocycles. The molecule has 2 rings (SSSR count). The molecule has 0 aliphatic rings. The van der Waals surface area contributed by atoms with Crippen molar-refractivity contribution >= 4 is 0 Å².